The molecule has 0 aliphatic heterocycles. The summed E-state index contributed by atoms with van der Waals surface area (Å²) in [6.07, 6.45) is 0.638. The Bertz CT molecular complexity index is 932. The molecule has 0 spiro atoms. The Morgan fingerprint density at radius 1 is 1.24 bits per heavy atom. The van der Waals surface area contributed by atoms with E-state index in [0.717, 1.165) is 4.88 Å². The topological polar surface area (TPSA) is 88.8 Å². The molecule has 0 amide bonds. The maximum Gasteiger partial charge on any atom is 0.241 e. The van der Waals surface area contributed by atoms with Gasteiger partial charge in [0.15, 0.2) is 0 Å². The molecule has 0 fully saturated rings. The van der Waals surface area contributed by atoms with Crippen LogP contribution in [0, 0.1) is 0 Å². The minimum absolute atomic E-state index is 0.134. The third-order valence-corrected chi connectivity index (χ3v) is 6.09. The normalized spacial score (nSPS) is 12.9. The monoisotopic (exact) mass is 379 g/mol. The number of rotatable bonds is 7. The van der Waals surface area contributed by atoms with E-state index < -0.39 is 16.1 Å². The number of aliphatic hydroxyl groups excluding tert-OH is 1. The van der Waals surface area contributed by atoms with E-state index in [9.17, 15) is 13.5 Å². The molecule has 132 valence electrons. The molecule has 2 aromatic heterocycles. The van der Waals surface area contributed by atoms with Crippen molar-refractivity contribution in [1.29, 1.82) is 0 Å². The summed E-state index contributed by atoms with van der Waals surface area (Å²) < 4.78 is 37.5. The second-order valence-electron chi connectivity index (χ2n) is 5.23. The third-order valence-electron chi connectivity index (χ3n) is 3.55. The Balaban J connectivity index is 1.69. The number of thiophene rings is 1. The number of benzene rings is 1. The molecule has 1 atom stereocenters. The van der Waals surface area contributed by atoms with Gasteiger partial charge in [-0.05, 0) is 36.4 Å². The smallest absolute Gasteiger partial charge is 0.241 e. The first kappa shape index (κ1) is 17.7. The first-order valence-electron chi connectivity index (χ1n) is 7.43. The van der Waals surface area contributed by atoms with Crippen molar-refractivity contribution in [3.63, 3.8) is 0 Å². The van der Waals surface area contributed by atoms with Gasteiger partial charge in [0.1, 0.15) is 17.6 Å². The highest BCUT2D eigenvalue weighted by molar-refractivity contribution is 7.89. The number of nitrogens with one attached hydrogen (secondary N) is 1. The van der Waals surface area contributed by atoms with Crippen LogP contribution < -0.4 is 9.46 Å². The van der Waals surface area contributed by atoms with Gasteiger partial charge in [-0.25, -0.2) is 13.1 Å². The van der Waals surface area contributed by atoms with E-state index in [2.05, 4.69) is 4.72 Å². The number of ether oxygens (including phenoxy) is 1. The zero-order valence-corrected chi connectivity index (χ0v) is 15.0. The minimum Gasteiger partial charge on any atom is -0.497 e. The summed E-state index contributed by atoms with van der Waals surface area (Å²) in [5, 5.41) is 10.2. The average molecular weight is 379 g/mol. The van der Waals surface area contributed by atoms with Gasteiger partial charge in [0.05, 0.1) is 18.3 Å². The fourth-order valence-corrected chi connectivity index (χ4v) is 4.32. The number of furan rings is 1. The van der Waals surface area contributed by atoms with Crippen LogP contribution >= 0.6 is 11.3 Å². The summed E-state index contributed by atoms with van der Waals surface area (Å²) in [5.41, 5.74) is 0. The van der Waals surface area contributed by atoms with Crippen molar-refractivity contribution in [3.05, 3.63) is 70.3 Å². The third kappa shape index (κ3) is 4.10. The van der Waals surface area contributed by atoms with E-state index >= 15 is 0 Å². The molecule has 0 aliphatic carbocycles. The van der Waals surface area contributed by atoms with Gasteiger partial charge < -0.3 is 14.3 Å². The molecule has 3 aromatic rings. The van der Waals surface area contributed by atoms with Crippen molar-refractivity contribution in [2.75, 3.05) is 7.11 Å². The maximum atomic E-state index is 12.4. The number of methoxy groups -OCH3 is 1. The Morgan fingerprint density at radius 3 is 2.80 bits per heavy atom. The predicted molar refractivity (Wildman–Crippen MR) is 94.1 cm³/mol. The molecule has 0 aliphatic rings. The van der Waals surface area contributed by atoms with E-state index in [1.807, 2.05) is 0 Å². The maximum absolute atomic E-state index is 12.4. The van der Waals surface area contributed by atoms with Gasteiger partial charge in [0.25, 0.3) is 0 Å². The van der Waals surface area contributed by atoms with Crippen LogP contribution in [0.25, 0.3) is 0 Å². The second kappa shape index (κ2) is 7.40. The summed E-state index contributed by atoms with van der Waals surface area (Å²) in [7, 11) is -2.17. The van der Waals surface area contributed by atoms with E-state index in [-0.39, 0.29) is 11.4 Å². The lowest BCUT2D eigenvalue weighted by Gasteiger charge is -2.07. The molecule has 2 N–H and O–H groups in total. The molecular formula is C17H17NO5S2. The van der Waals surface area contributed by atoms with E-state index in [1.165, 1.54) is 36.8 Å². The van der Waals surface area contributed by atoms with Crippen molar-refractivity contribution in [1.82, 2.24) is 4.72 Å². The molecule has 1 aromatic carbocycles. The van der Waals surface area contributed by atoms with Crippen LogP contribution in [-0.2, 0) is 16.6 Å². The lowest BCUT2D eigenvalue weighted by Crippen LogP contribution is -2.22. The predicted octanol–water partition coefficient (Wildman–Crippen LogP) is 2.91. The Hall–Kier alpha value is -2.13. The van der Waals surface area contributed by atoms with Gasteiger partial charge in [-0.2, -0.15) is 0 Å². The highest BCUT2D eigenvalue weighted by atomic mass is 32.2. The Labute approximate surface area is 149 Å². The van der Waals surface area contributed by atoms with Crippen molar-refractivity contribution in [2.24, 2.45) is 0 Å². The summed E-state index contributed by atoms with van der Waals surface area (Å²) in [5.74, 6) is 0.924. The van der Waals surface area contributed by atoms with Gasteiger partial charge in [-0.3, -0.25) is 0 Å². The number of hydrogen-bond donors (Lipinski definition) is 2. The molecule has 25 heavy (non-hydrogen) atoms. The lowest BCUT2D eigenvalue weighted by atomic mass is 10.2. The van der Waals surface area contributed by atoms with Crippen molar-refractivity contribution in [3.8, 4) is 5.75 Å². The largest absolute Gasteiger partial charge is 0.497 e. The van der Waals surface area contributed by atoms with Crippen LogP contribution in [0.1, 0.15) is 21.6 Å². The van der Waals surface area contributed by atoms with Gasteiger partial charge in [-0.15, -0.1) is 11.3 Å². The van der Waals surface area contributed by atoms with E-state index in [4.69, 9.17) is 9.15 Å². The molecule has 2 heterocycles. The van der Waals surface area contributed by atoms with Crippen molar-refractivity contribution < 1.29 is 22.7 Å². The molecular weight excluding hydrogens is 362 g/mol. The van der Waals surface area contributed by atoms with Crippen molar-refractivity contribution in [2.45, 2.75) is 17.5 Å². The Morgan fingerprint density at radius 2 is 2.08 bits per heavy atom. The molecule has 6 nitrogen and oxygen atoms in total. The lowest BCUT2D eigenvalue weighted by molar-refractivity contribution is 0.193. The zero-order valence-electron chi connectivity index (χ0n) is 13.4. The molecule has 0 saturated carbocycles. The number of aliphatic hydroxyl groups is 1. The summed E-state index contributed by atoms with van der Waals surface area (Å²) in [4.78, 5) is 1.61. The van der Waals surface area contributed by atoms with Crippen LogP contribution in [0.4, 0.5) is 0 Å². The number of hydrogen-bond acceptors (Lipinski definition) is 6. The molecule has 0 saturated heterocycles. The molecule has 0 radical (unpaired) electrons. The fraction of sp³-hybridized carbons (Fsp3) is 0.176. The van der Waals surface area contributed by atoms with Gasteiger partial charge in [0, 0.05) is 22.4 Å². The molecule has 0 bridgehead atoms. The first-order valence-corrected chi connectivity index (χ1v) is 9.73. The standard InChI is InChI=1S/C17H17NO5S2/c1-22-12-4-2-5-14(10-12)25(20,21)18-11-13-7-8-16(24-13)17(19)15-6-3-9-23-15/h2-10,17-19H,11H2,1H3. The van der Waals surface area contributed by atoms with Gasteiger partial charge in [-0.1, -0.05) is 6.07 Å². The van der Waals surface area contributed by atoms with Crippen LogP contribution in [0.5, 0.6) is 5.75 Å². The number of sulfonamides is 1. The molecule has 3 rings (SSSR count). The Kier molecular flexibility index (Phi) is 5.24. The first-order chi connectivity index (χ1) is 12.0. The van der Waals surface area contributed by atoms with Crippen LogP contribution in [0.15, 0.2) is 64.1 Å². The van der Waals surface area contributed by atoms with Crippen molar-refractivity contribution >= 4 is 21.4 Å². The van der Waals surface area contributed by atoms with E-state index in [0.29, 0.717) is 16.4 Å². The molecule has 8 heteroatoms. The average Bonchev–Trinajstić information content (AvgIpc) is 3.31. The minimum atomic E-state index is -3.65. The van der Waals surface area contributed by atoms with Crippen LogP contribution in [-0.4, -0.2) is 20.6 Å². The second-order valence-corrected chi connectivity index (χ2v) is 8.19. The summed E-state index contributed by atoms with van der Waals surface area (Å²) in [6.45, 7) is 0.134. The van der Waals surface area contributed by atoms with E-state index in [1.54, 1.807) is 36.4 Å². The van der Waals surface area contributed by atoms with Crippen LogP contribution in [0.2, 0.25) is 0 Å². The van der Waals surface area contributed by atoms with Crippen LogP contribution in [0.3, 0.4) is 0 Å². The SMILES string of the molecule is COc1cccc(S(=O)(=O)NCc2ccc(C(O)c3ccco3)s2)c1. The van der Waals surface area contributed by atoms with Gasteiger partial charge in [0.2, 0.25) is 10.0 Å². The highest BCUT2D eigenvalue weighted by Gasteiger charge is 2.18. The fourth-order valence-electron chi connectivity index (χ4n) is 2.24. The zero-order chi connectivity index (χ0) is 17.9. The van der Waals surface area contributed by atoms with Gasteiger partial charge >= 0.3 is 0 Å². The quantitative estimate of drug-likeness (QED) is 0.659. The highest BCUT2D eigenvalue weighted by Crippen LogP contribution is 2.29. The molecule has 1 unspecified atom stereocenters. The summed E-state index contributed by atoms with van der Waals surface area (Å²) >= 11 is 1.32. The summed E-state index contributed by atoms with van der Waals surface area (Å²) in [6, 6.07) is 13.2.